The Morgan fingerprint density at radius 2 is 1.47 bits per heavy atom. The summed E-state index contributed by atoms with van der Waals surface area (Å²) in [5.74, 6) is -3.28. The number of carbonyl (C=O) groups excluding carboxylic acids is 4. The second-order valence-corrected chi connectivity index (χ2v) is 20.2. The van der Waals surface area contributed by atoms with E-state index < -0.39 is 47.5 Å². The van der Waals surface area contributed by atoms with Gasteiger partial charge in [-0.15, -0.1) is 11.3 Å². The summed E-state index contributed by atoms with van der Waals surface area (Å²) < 4.78 is 70.7. The second-order valence-electron chi connectivity index (χ2n) is 19.3. The average molecular weight is 1080 g/mol. The first-order valence-electron chi connectivity index (χ1n) is 25.3. The minimum Gasteiger partial charge on any atom is -0.391 e. The van der Waals surface area contributed by atoms with E-state index in [9.17, 15) is 37.5 Å². The van der Waals surface area contributed by atoms with Crippen LogP contribution >= 0.6 is 11.3 Å². The van der Waals surface area contributed by atoms with Crippen molar-refractivity contribution in [2.75, 3.05) is 92.2 Å². The third-order valence-corrected chi connectivity index (χ3v) is 12.9. The number of alkyl halides is 3. The van der Waals surface area contributed by atoms with Gasteiger partial charge in [0.25, 0.3) is 5.91 Å². The molecule has 0 aliphatic carbocycles. The maximum Gasteiger partial charge on any atom is 0.471 e. The largest absolute Gasteiger partial charge is 0.471 e. The van der Waals surface area contributed by atoms with Gasteiger partial charge in [0.05, 0.1) is 75.0 Å². The van der Waals surface area contributed by atoms with Crippen LogP contribution in [0.2, 0.25) is 0 Å². The Balaban J connectivity index is 0.847. The van der Waals surface area contributed by atoms with E-state index in [4.69, 9.17) is 23.7 Å². The summed E-state index contributed by atoms with van der Waals surface area (Å²) >= 11 is 1.56. The topological polar surface area (TPSA) is 229 Å². The van der Waals surface area contributed by atoms with E-state index in [0.717, 1.165) is 54.0 Å². The lowest BCUT2D eigenvalue weighted by molar-refractivity contribution is -0.159. The highest BCUT2D eigenvalue weighted by atomic mass is 32.1. The summed E-state index contributed by atoms with van der Waals surface area (Å²) in [6, 6.07) is 11.8. The predicted octanol–water partition coefficient (Wildman–Crippen LogP) is 5.69. The first kappa shape index (κ1) is 60.5. The third kappa shape index (κ3) is 20.2. The monoisotopic (exact) mass is 1070 g/mol. The zero-order chi connectivity index (χ0) is 54.4. The maximum atomic E-state index is 13.9. The highest BCUT2D eigenvalue weighted by molar-refractivity contribution is 7.13. The average Bonchev–Trinajstić information content (AvgIpc) is 4.15. The van der Waals surface area contributed by atoms with Gasteiger partial charge in [-0.3, -0.25) is 19.2 Å². The summed E-state index contributed by atoms with van der Waals surface area (Å²) in [6.45, 7) is 17.0. The molecule has 0 radical (unpaired) electrons. The molecule has 1 aliphatic heterocycles. The molecular formula is C52H73F3N8O11S. The molecule has 4 aromatic rings. The minimum atomic E-state index is -4.74. The quantitative estimate of drug-likeness (QED) is 0.0431. The molecular weight excluding hydrogens is 1000 g/mol. The summed E-state index contributed by atoms with van der Waals surface area (Å²) in [5.41, 5.74) is 4.62. The van der Waals surface area contributed by atoms with Crippen molar-refractivity contribution in [1.82, 2.24) is 40.9 Å². The molecule has 2 aromatic carbocycles. The standard InChI is InChI=1S/C52H73F3N8O11S/c1-7-18-62(31-35(2)58-47(66)40-16-14-39(15-17-40)46-60-50(74-61-46)52(53,54)55)19-8-9-20-69-21-22-70-23-24-71-25-26-72-27-28-73-33-43(65)59-45(51(4,5)6)49(68)63-32-41(64)29-42(63)48(67)56-30-37-10-12-38(13-11-37)44-36(3)57-34-75-44/h10-17,34-35,41-42,45,64H,7-9,18-33H2,1-6H3,(H,56,67)(H,58,66)(H,59,65)/t35-,41+,42-,45+/m1/s1. The number of β-amino-alcohol motifs (C(OH)–C–C–N with tert-alkyl or cyclic N) is 1. The lowest BCUT2D eigenvalue weighted by atomic mass is 9.85. The molecule has 1 aliphatic rings. The zero-order valence-electron chi connectivity index (χ0n) is 43.7. The van der Waals surface area contributed by atoms with Gasteiger partial charge in [-0.2, -0.15) is 18.2 Å². The molecule has 0 spiro atoms. The highest BCUT2D eigenvalue weighted by Crippen LogP contribution is 2.30. The van der Waals surface area contributed by atoms with Crippen molar-refractivity contribution >= 4 is 35.0 Å². The van der Waals surface area contributed by atoms with Gasteiger partial charge in [-0.05, 0) is 74.9 Å². The van der Waals surface area contributed by atoms with Gasteiger partial charge >= 0.3 is 12.1 Å². The lowest BCUT2D eigenvalue weighted by Gasteiger charge is -2.35. The molecule has 0 saturated carbocycles. The third-order valence-electron chi connectivity index (χ3n) is 12.0. The van der Waals surface area contributed by atoms with Crippen LogP contribution in [0.1, 0.15) is 87.8 Å². The van der Waals surface area contributed by atoms with Gasteiger partial charge in [0.15, 0.2) is 0 Å². The van der Waals surface area contributed by atoms with E-state index in [0.29, 0.717) is 63.9 Å². The molecule has 0 bridgehead atoms. The van der Waals surface area contributed by atoms with Crippen LogP contribution < -0.4 is 16.0 Å². The van der Waals surface area contributed by atoms with Gasteiger partial charge in [0, 0.05) is 49.8 Å². The number of aliphatic hydroxyl groups is 1. The van der Waals surface area contributed by atoms with Gasteiger partial charge in [-0.1, -0.05) is 69.2 Å². The number of nitrogens with one attached hydrogen (secondary N) is 3. The van der Waals surface area contributed by atoms with E-state index in [-0.39, 0.29) is 63.0 Å². The van der Waals surface area contributed by atoms with Crippen molar-refractivity contribution in [2.45, 2.75) is 104 Å². The molecule has 1 fully saturated rings. The number of rotatable bonds is 32. The Labute approximate surface area is 440 Å². The number of thiazole rings is 1. The van der Waals surface area contributed by atoms with Crippen LogP contribution in [0.15, 0.2) is 58.6 Å². The van der Waals surface area contributed by atoms with Gasteiger partial charge < -0.3 is 59.1 Å². The molecule has 23 heteroatoms. The first-order valence-corrected chi connectivity index (χ1v) is 26.2. The van der Waals surface area contributed by atoms with Crippen LogP contribution in [0.3, 0.4) is 0 Å². The number of aliphatic hydroxyl groups excluding tert-OH is 1. The summed E-state index contributed by atoms with van der Waals surface area (Å²) in [6.07, 6.45) is -2.81. The van der Waals surface area contributed by atoms with Crippen molar-refractivity contribution in [3.8, 4) is 21.8 Å². The zero-order valence-corrected chi connectivity index (χ0v) is 44.6. The minimum absolute atomic E-state index is 0.0276. The van der Waals surface area contributed by atoms with Crippen molar-refractivity contribution < 1.29 is 65.7 Å². The SMILES string of the molecule is CCCN(CCCCOCCOCCOCCOCCOCC(=O)N[C@@H](C(=O)N1C[C@@H](O)C[C@@H]1C(=O)NCc1ccc(-c2scnc2C)cc1)C(C)(C)C)C[C@@H](C)NC(=O)c1ccc(-c2noc(C(F)(F)F)n2)cc1. The molecule has 4 N–H and O–H groups in total. The molecule has 1 saturated heterocycles. The Bertz CT molecular complexity index is 2370. The van der Waals surface area contributed by atoms with E-state index in [2.05, 4.69) is 47.4 Å². The first-order chi connectivity index (χ1) is 35.8. The highest BCUT2D eigenvalue weighted by Gasteiger charge is 2.44. The molecule has 19 nitrogen and oxygen atoms in total. The Hall–Kier alpha value is -5.40. The van der Waals surface area contributed by atoms with Crippen LogP contribution in [0.25, 0.3) is 21.8 Å². The van der Waals surface area contributed by atoms with E-state index in [1.54, 1.807) is 16.8 Å². The Kier molecular flexibility index (Phi) is 24.5. The number of benzene rings is 2. The second kappa shape index (κ2) is 30.4. The molecule has 4 atom stereocenters. The number of unbranched alkanes of at least 4 members (excludes halogenated alkanes) is 1. The van der Waals surface area contributed by atoms with Crippen molar-refractivity contribution in [3.05, 3.63) is 76.8 Å². The number of hydrogen-bond donors (Lipinski definition) is 4. The number of aromatic nitrogens is 3. The van der Waals surface area contributed by atoms with Crippen LogP contribution in [0, 0.1) is 12.3 Å². The molecule has 3 heterocycles. The molecule has 414 valence electrons. The fourth-order valence-electron chi connectivity index (χ4n) is 8.14. The Morgan fingerprint density at radius 3 is 2.04 bits per heavy atom. The van der Waals surface area contributed by atoms with Crippen molar-refractivity contribution in [3.63, 3.8) is 0 Å². The number of halogens is 3. The van der Waals surface area contributed by atoms with Crippen LogP contribution in [-0.4, -0.2) is 170 Å². The molecule has 75 heavy (non-hydrogen) atoms. The number of nitrogens with zero attached hydrogens (tertiary/aromatic N) is 5. The molecule has 2 aromatic heterocycles. The van der Waals surface area contributed by atoms with Crippen molar-refractivity contribution in [2.24, 2.45) is 5.41 Å². The van der Waals surface area contributed by atoms with Crippen LogP contribution in [-0.2, 0) is 50.8 Å². The number of amides is 4. The number of hydrogen-bond acceptors (Lipinski definition) is 16. The van der Waals surface area contributed by atoms with Crippen LogP contribution in [0.4, 0.5) is 13.2 Å². The maximum absolute atomic E-state index is 13.9. The van der Waals surface area contributed by atoms with Gasteiger partial charge in [-0.25, -0.2) is 4.98 Å². The predicted molar refractivity (Wildman–Crippen MR) is 273 cm³/mol. The lowest BCUT2D eigenvalue weighted by Crippen LogP contribution is -2.58. The molecule has 4 amide bonds. The normalized spacial score (nSPS) is 15.8. The fraction of sp³-hybridized carbons (Fsp3) is 0.596. The summed E-state index contributed by atoms with van der Waals surface area (Å²) in [7, 11) is 0. The smallest absolute Gasteiger partial charge is 0.391 e. The van der Waals surface area contributed by atoms with E-state index >= 15 is 0 Å². The summed E-state index contributed by atoms with van der Waals surface area (Å²) in [4.78, 5) is 65.6. The molecule has 5 rings (SSSR count). The Morgan fingerprint density at radius 1 is 0.853 bits per heavy atom. The molecule has 0 unspecified atom stereocenters. The van der Waals surface area contributed by atoms with Gasteiger partial charge in [0.1, 0.15) is 18.7 Å². The van der Waals surface area contributed by atoms with E-state index in [1.807, 2.05) is 58.9 Å². The fourth-order valence-corrected chi connectivity index (χ4v) is 8.96. The summed E-state index contributed by atoms with van der Waals surface area (Å²) in [5, 5.41) is 22.6. The number of likely N-dealkylation sites (tertiary alicyclic amines) is 1. The number of ether oxygens (including phenoxy) is 5. The van der Waals surface area contributed by atoms with Crippen LogP contribution in [0.5, 0.6) is 0 Å². The number of aryl methyl sites for hydroxylation is 1. The van der Waals surface area contributed by atoms with E-state index in [1.165, 1.54) is 29.2 Å². The number of carbonyl (C=O) groups is 4. The van der Waals surface area contributed by atoms with Gasteiger partial charge in [0.2, 0.25) is 23.5 Å². The van der Waals surface area contributed by atoms with Crippen molar-refractivity contribution in [1.29, 1.82) is 0 Å².